The molecule has 2 aromatic heterocycles. The van der Waals surface area contributed by atoms with Crippen molar-refractivity contribution >= 4 is 34.1 Å². The molecule has 0 amide bonds. The molecule has 0 aliphatic carbocycles. The highest BCUT2D eigenvalue weighted by Crippen LogP contribution is 2.22. The van der Waals surface area contributed by atoms with Crippen molar-refractivity contribution in [2.24, 2.45) is 0 Å². The number of hydrogen-bond acceptors (Lipinski definition) is 4. The van der Waals surface area contributed by atoms with E-state index in [4.69, 9.17) is 11.6 Å². The number of hydrogen-bond donors (Lipinski definition) is 2. The van der Waals surface area contributed by atoms with Gasteiger partial charge >= 0.3 is 0 Å². The lowest BCUT2D eigenvalue weighted by Crippen LogP contribution is -1.91. The number of fused-ring (bicyclic) bond motifs is 1. The Bertz CT molecular complexity index is 694. The summed E-state index contributed by atoms with van der Waals surface area (Å²) in [4.78, 5) is 7.88. The first-order valence-electron chi connectivity index (χ1n) is 5.11. The van der Waals surface area contributed by atoms with Gasteiger partial charge in [0.25, 0.3) is 0 Å². The topological polar surface area (TPSA) is 66.5 Å². The van der Waals surface area contributed by atoms with Crippen LogP contribution in [0.2, 0.25) is 5.28 Å². The number of nitrogens with one attached hydrogen (secondary N) is 2. The molecule has 3 rings (SSSR count). The summed E-state index contributed by atoms with van der Waals surface area (Å²) >= 11 is 5.67. The molecule has 0 spiro atoms. The SMILES string of the molecule is Fc1ccc(Nc2n[nH]c3nc(Cl)ncc23)cc1. The molecule has 1 aromatic carbocycles. The summed E-state index contributed by atoms with van der Waals surface area (Å²) in [5.74, 6) is 0.274. The van der Waals surface area contributed by atoms with Crippen LogP contribution in [0.4, 0.5) is 15.9 Å². The molecule has 90 valence electrons. The summed E-state index contributed by atoms with van der Waals surface area (Å²) < 4.78 is 12.8. The van der Waals surface area contributed by atoms with Crippen molar-refractivity contribution in [3.05, 3.63) is 41.6 Å². The van der Waals surface area contributed by atoms with Gasteiger partial charge in [0.1, 0.15) is 5.82 Å². The summed E-state index contributed by atoms with van der Waals surface area (Å²) in [5.41, 5.74) is 1.26. The van der Waals surface area contributed by atoms with E-state index in [1.165, 1.54) is 12.1 Å². The molecule has 2 N–H and O–H groups in total. The summed E-state index contributed by atoms with van der Waals surface area (Å²) in [5, 5.41) is 10.7. The van der Waals surface area contributed by atoms with Crippen LogP contribution in [0.5, 0.6) is 0 Å². The molecule has 0 atom stereocenters. The Morgan fingerprint density at radius 2 is 2.00 bits per heavy atom. The smallest absolute Gasteiger partial charge is 0.224 e. The minimum atomic E-state index is -0.289. The van der Waals surface area contributed by atoms with Crippen LogP contribution in [0.25, 0.3) is 11.0 Å². The zero-order valence-corrected chi connectivity index (χ0v) is 9.74. The van der Waals surface area contributed by atoms with E-state index >= 15 is 0 Å². The van der Waals surface area contributed by atoms with Gasteiger partial charge in [0, 0.05) is 11.9 Å². The lowest BCUT2D eigenvalue weighted by molar-refractivity contribution is 0.628. The van der Waals surface area contributed by atoms with E-state index < -0.39 is 0 Å². The van der Waals surface area contributed by atoms with Gasteiger partial charge < -0.3 is 5.32 Å². The fourth-order valence-electron chi connectivity index (χ4n) is 1.55. The number of aromatic amines is 1. The largest absolute Gasteiger partial charge is 0.338 e. The van der Waals surface area contributed by atoms with Crippen molar-refractivity contribution in [2.45, 2.75) is 0 Å². The van der Waals surface area contributed by atoms with Crippen LogP contribution in [0.3, 0.4) is 0 Å². The molecule has 0 fully saturated rings. The highest BCUT2D eigenvalue weighted by Gasteiger charge is 2.08. The summed E-state index contributed by atoms with van der Waals surface area (Å²) in [7, 11) is 0. The molecule has 0 aliphatic rings. The van der Waals surface area contributed by atoms with E-state index in [-0.39, 0.29) is 11.1 Å². The normalized spacial score (nSPS) is 10.8. The first-order chi connectivity index (χ1) is 8.72. The fraction of sp³-hybridized carbons (Fsp3) is 0. The van der Waals surface area contributed by atoms with Gasteiger partial charge in [-0.15, -0.1) is 0 Å². The molecule has 0 saturated heterocycles. The van der Waals surface area contributed by atoms with Crippen LogP contribution in [0.15, 0.2) is 30.5 Å². The zero-order chi connectivity index (χ0) is 12.5. The Labute approximate surface area is 106 Å². The average Bonchev–Trinajstić information content (AvgIpc) is 2.74. The quantitative estimate of drug-likeness (QED) is 0.698. The maximum absolute atomic E-state index is 12.8. The van der Waals surface area contributed by atoms with E-state index in [1.54, 1.807) is 18.3 Å². The number of anilines is 2. The third-order valence-electron chi connectivity index (χ3n) is 2.40. The third kappa shape index (κ3) is 1.98. The van der Waals surface area contributed by atoms with Gasteiger partial charge in [0.05, 0.1) is 5.39 Å². The molecule has 0 aliphatic heterocycles. The highest BCUT2D eigenvalue weighted by atomic mass is 35.5. The number of aromatic nitrogens is 4. The van der Waals surface area contributed by atoms with Gasteiger partial charge in [-0.2, -0.15) is 10.1 Å². The molecule has 2 heterocycles. The number of halogens is 2. The van der Waals surface area contributed by atoms with Gasteiger partial charge in [0.15, 0.2) is 11.5 Å². The maximum Gasteiger partial charge on any atom is 0.224 e. The summed E-state index contributed by atoms with van der Waals surface area (Å²) in [6.45, 7) is 0. The number of rotatable bonds is 2. The Morgan fingerprint density at radius 3 is 2.78 bits per heavy atom. The molecular formula is C11H7ClFN5. The van der Waals surface area contributed by atoms with Crippen molar-refractivity contribution in [3.63, 3.8) is 0 Å². The van der Waals surface area contributed by atoms with E-state index in [9.17, 15) is 4.39 Å². The minimum absolute atomic E-state index is 0.152. The van der Waals surface area contributed by atoms with Gasteiger partial charge in [-0.1, -0.05) is 0 Å². The van der Waals surface area contributed by atoms with E-state index in [1.807, 2.05) is 0 Å². The fourth-order valence-corrected chi connectivity index (χ4v) is 1.69. The lowest BCUT2D eigenvalue weighted by atomic mass is 10.3. The van der Waals surface area contributed by atoms with Crippen LogP contribution in [-0.4, -0.2) is 20.2 Å². The number of H-pyrrole nitrogens is 1. The second-order valence-electron chi connectivity index (χ2n) is 3.61. The molecule has 5 nitrogen and oxygen atoms in total. The van der Waals surface area contributed by atoms with Crippen LogP contribution < -0.4 is 5.32 Å². The van der Waals surface area contributed by atoms with Gasteiger partial charge in [-0.25, -0.2) is 9.37 Å². The molecule has 0 bridgehead atoms. The Hall–Kier alpha value is -2.21. The molecular weight excluding hydrogens is 257 g/mol. The van der Waals surface area contributed by atoms with E-state index in [0.717, 1.165) is 5.69 Å². The second kappa shape index (κ2) is 4.23. The van der Waals surface area contributed by atoms with Crippen molar-refractivity contribution in [1.29, 1.82) is 0 Å². The summed E-state index contributed by atoms with van der Waals surface area (Å²) in [6, 6.07) is 5.97. The van der Waals surface area contributed by atoms with Crippen LogP contribution in [-0.2, 0) is 0 Å². The Kier molecular flexibility index (Phi) is 2.56. The predicted octanol–water partition coefficient (Wildman–Crippen LogP) is 2.89. The van der Waals surface area contributed by atoms with Crippen LogP contribution >= 0.6 is 11.6 Å². The number of benzene rings is 1. The molecule has 3 aromatic rings. The first kappa shape index (κ1) is 10.9. The van der Waals surface area contributed by atoms with Crippen molar-refractivity contribution in [3.8, 4) is 0 Å². The monoisotopic (exact) mass is 263 g/mol. The van der Waals surface area contributed by atoms with Crippen molar-refractivity contribution < 1.29 is 4.39 Å². The molecule has 0 radical (unpaired) electrons. The first-order valence-corrected chi connectivity index (χ1v) is 5.49. The van der Waals surface area contributed by atoms with E-state index in [2.05, 4.69) is 25.5 Å². The third-order valence-corrected chi connectivity index (χ3v) is 2.58. The highest BCUT2D eigenvalue weighted by molar-refractivity contribution is 6.28. The van der Waals surface area contributed by atoms with Gasteiger partial charge in [-0.05, 0) is 35.9 Å². The van der Waals surface area contributed by atoms with Gasteiger partial charge in [0.2, 0.25) is 5.28 Å². The second-order valence-corrected chi connectivity index (χ2v) is 3.94. The average molecular weight is 264 g/mol. The zero-order valence-electron chi connectivity index (χ0n) is 8.98. The molecule has 7 heteroatoms. The molecule has 0 unspecified atom stereocenters. The van der Waals surface area contributed by atoms with E-state index in [0.29, 0.717) is 16.9 Å². The van der Waals surface area contributed by atoms with Crippen LogP contribution in [0, 0.1) is 5.82 Å². The minimum Gasteiger partial charge on any atom is -0.338 e. The number of nitrogens with zero attached hydrogens (tertiary/aromatic N) is 3. The maximum atomic E-state index is 12.8. The molecule has 18 heavy (non-hydrogen) atoms. The van der Waals surface area contributed by atoms with Crippen LogP contribution in [0.1, 0.15) is 0 Å². The van der Waals surface area contributed by atoms with Gasteiger partial charge in [-0.3, -0.25) is 5.10 Å². The van der Waals surface area contributed by atoms with Crippen molar-refractivity contribution in [1.82, 2.24) is 20.2 Å². The predicted molar refractivity (Wildman–Crippen MR) is 66.4 cm³/mol. The Balaban J connectivity index is 1.97. The lowest BCUT2D eigenvalue weighted by Gasteiger charge is -2.02. The summed E-state index contributed by atoms with van der Waals surface area (Å²) in [6.07, 6.45) is 1.57. The Morgan fingerprint density at radius 1 is 1.22 bits per heavy atom. The molecule has 0 saturated carbocycles. The standard InChI is InChI=1S/C11H7ClFN5/c12-11-14-5-8-9(17-18-10(8)16-11)15-7-3-1-6(13)2-4-7/h1-5H,(H2,14,15,16,17,18). The van der Waals surface area contributed by atoms with Crippen molar-refractivity contribution in [2.75, 3.05) is 5.32 Å².